The summed E-state index contributed by atoms with van der Waals surface area (Å²) in [6.07, 6.45) is 1.51. The van der Waals surface area contributed by atoms with Crippen LogP contribution < -0.4 is 0 Å². The molecule has 18 heavy (non-hydrogen) atoms. The monoisotopic (exact) mass is 255 g/mol. The first-order valence-corrected chi connectivity index (χ1v) is 5.22. The van der Waals surface area contributed by atoms with Crippen LogP contribution in [0.25, 0.3) is 0 Å². The third-order valence-electron chi connectivity index (χ3n) is 3.17. The van der Waals surface area contributed by atoms with Crippen molar-refractivity contribution >= 4 is 0 Å². The smallest absolute Gasteiger partial charge is 0.299 e. The molecule has 0 radical (unpaired) electrons. The van der Waals surface area contributed by atoms with Crippen LogP contribution in [0.4, 0.5) is 0 Å². The molecule has 2 aliphatic heterocycles. The fraction of sp³-hybridized carbons (Fsp3) is 0.556. The van der Waals surface area contributed by atoms with Gasteiger partial charge >= 0.3 is 0 Å². The van der Waals surface area contributed by atoms with Crippen LogP contribution in [-0.4, -0.2) is 58.0 Å². The zero-order chi connectivity index (χ0) is 13.6. The minimum atomic E-state index is -0.593. The molecule has 0 N–H and O–H groups in total. The Kier molecular flexibility index (Phi) is 2.70. The van der Waals surface area contributed by atoms with Gasteiger partial charge in [0, 0.05) is 14.1 Å². The minimum Gasteiger partial charge on any atom is -0.350 e. The third-order valence-corrected chi connectivity index (χ3v) is 3.17. The number of nitro groups is 2. The van der Waals surface area contributed by atoms with Crippen LogP contribution in [0.15, 0.2) is 23.8 Å². The Labute approximate surface area is 103 Å². The standard InChI is InChI=1S/C9H13N5O4/c1-10-4-6(13(15)16)9-11(2)5-7(14(17)18)8(10)12(9)3/h4-5,8-9H,1-3H3. The van der Waals surface area contributed by atoms with Gasteiger partial charge in [0.1, 0.15) is 0 Å². The lowest BCUT2D eigenvalue weighted by molar-refractivity contribution is -0.457. The van der Waals surface area contributed by atoms with Gasteiger partial charge in [-0.1, -0.05) is 0 Å². The van der Waals surface area contributed by atoms with E-state index >= 15 is 0 Å². The molecule has 2 heterocycles. The fourth-order valence-corrected chi connectivity index (χ4v) is 2.52. The maximum absolute atomic E-state index is 11.0. The van der Waals surface area contributed by atoms with Gasteiger partial charge in [0.15, 0.2) is 12.3 Å². The van der Waals surface area contributed by atoms with Gasteiger partial charge in [0.2, 0.25) is 0 Å². The molecule has 0 saturated heterocycles. The van der Waals surface area contributed by atoms with E-state index in [1.54, 1.807) is 26.0 Å². The van der Waals surface area contributed by atoms with Gasteiger partial charge in [-0.25, -0.2) is 4.90 Å². The highest BCUT2D eigenvalue weighted by atomic mass is 16.6. The summed E-state index contributed by atoms with van der Waals surface area (Å²) in [4.78, 5) is 25.7. The Morgan fingerprint density at radius 2 is 1.28 bits per heavy atom. The van der Waals surface area contributed by atoms with Crippen molar-refractivity contribution in [2.24, 2.45) is 0 Å². The number of rotatable bonds is 2. The van der Waals surface area contributed by atoms with E-state index in [-0.39, 0.29) is 11.4 Å². The summed E-state index contributed by atoms with van der Waals surface area (Å²) in [5.41, 5.74) is -0.00482. The van der Waals surface area contributed by atoms with E-state index in [9.17, 15) is 20.2 Å². The highest BCUT2D eigenvalue weighted by molar-refractivity contribution is 5.19. The molecule has 98 valence electrons. The van der Waals surface area contributed by atoms with E-state index in [1.807, 2.05) is 0 Å². The third kappa shape index (κ3) is 1.59. The molecule has 2 rings (SSSR count). The van der Waals surface area contributed by atoms with Crippen LogP contribution in [-0.2, 0) is 0 Å². The summed E-state index contributed by atoms with van der Waals surface area (Å²) in [5.74, 6) is 0. The van der Waals surface area contributed by atoms with Crippen LogP contribution in [0.2, 0.25) is 0 Å². The lowest BCUT2D eigenvalue weighted by atomic mass is 10.1. The molecular formula is C9H13N5O4. The van der Waals surface area contributed by atoms with Gasteiger partial charge in [-0.3, -0.25) is 20.2 Å². The summed E-state index contributed by atoms with van der Waals surface area (Å²) >= 11 is 0. The number of hydrogen-bond donors (Lipinski definition) is 0. The molecule has 0 aromatic carbocycles. The van der Waals surface area contributed by atoms with Crippen LogP contribution in [0.1, 0.15) is 0 Å². The zero-order valence-corrected chi connectivity index (χ0v) is 10.2. The predicted molar refractivity (Wildman–Crippen MR) is 61.0 cm³/mol. The highest BCUT2D eigenvalue weighted by Crippen LogP contribution is 2.32. The van der Waals surface area contributed by atoms with Crippen molar-refractivity contribution in [3.05, 3.63) is 44.0 Å². The summed E-state index contributed by atoms with van der Waals surface area (Å²) in [6.45, 7) is 0. The Hall–Kier alpha value is -2.16. The quantitative estimate of drug-likeness (QED) is 0.493. The molecule has 2 aliphatic rings. The van der Waals surface area contributed by atoms with Crippen molar-refractivity contribution < 1.29 is 9.85 Å². The van der Waals surface area contributed by atoms with E-state index in [2.05, 4.69) is 0 Å². The summed E-state index contributed by atoms with van der Waals surface area (Å²) < 4.78 is 0. The van der Waals surface area contributed by atoms with E-state index < -0.39 is 22.2 Å². The number of likely N-dealkylation sites (N-methyl/N-ethyl adjacent to an activating group) is 3. The first-order valence-electron chi connectivity index (χ1n) is 5.22. The molecule has 2 atom stereocenters. The highest BCUT2D eigenvalue weighted by Gasteiger charge is 2.49. The molecular weight excluding hydrogens is 242 g/mol. The fourth-order valence-electron chi connectivity index (χ4n) is 2.52. The van der Waals surface area contributed by atoms with Crippen molar-refractivity contribution in [3.63, 3.8) is 0 Å². The van der Waals surface area contributed by atoms with E-state index in [0.717, 1.165) is 0 Å². The topological polar surface area (TPSA) is 96.0 Å². The second-order valence-electron chi connectivity index (χ2n) is 4.37. The molecule has 9 nitrogen and oxygen atoms in total. The van der Waals surface area contributed by atoms with E-state index in [1.165, 1.54) is 22.2 Å². The molecule has 9 heteroatoms. The number of fused-ring (bicyclic) bond motifs is 2. The SMILES string of the molecule is CN1C=C([N+](=O)[O-])C2N(C)C=C([N+](=O)[O-])C1N2C. The van der Waals surface area contributed by atoms with Gasteiger partial charge in [0.25, 0.3) is 11.4 Å². The van der Waals surface area contributed by atoms with Gasteiger partial charge in [-0.05, 0) is 7.05 Å². The Bertz CT molecular complexity index is 432. The summed E-state index contributed by atoms with van der Waals surface area (Å²) in [6, 6.07) is 0. The second kappa shape index (κ2) is 3.95. The Morgan fingerprint density at radius 3 is 1.56 bits per heavy atom. The molecule has 0 amide bonds. The summed E-state index contributed by atoms with van der Waals surface area (Å²) in [7, 11) is 4.81. The van der Waals surface area contributed by atoms with Crippen LogP contribution >= 0.6 is 0 Å². The first-order chi connectivity index (χ1) is 8.34. The molecule has 0 spiro atoms. The lowest BCUT2D eigenvalue weighted by Gasteiger charge is -2.45. The summed E-state index contributed by atoms with van der Waals surface area (Å²) in [5, 5.41) is 22.0. The van der Waals surface area contributed by atoms with Crippen molar-refractivity contribution in [3.8, 4) is 0 Å². The van der Waals surface area contributed by atoms with Crippen LogP contribution in [0.5, 0.6) is 0 Å². The normalized spacial score (nSPS) is 27.7. The number of hydrogen-bond acceptors (Lipinski definition) is 7. The van der Waals surface area contributed by atoms with Gasteiger partial charge in [-0.15, -0.1) is 0 Å². The van der Waals surface area contributed by atoms with Gasteiger partial charge in [0.05, 0.1) is 22.2 Å². The predicted octanol–water partition coefficient (Wildman–Crippen LogP) is -0.303. The molecule has 0 aromatic rings. The average molecular weight is 255 g/mol. The molecule has 0 saturated carbocycles. The van der Waals surface area contributed by atoms with Crippen molar-refractivity contribution in [2.75, 3.05) is 21.1 Å². The zero-order valence-electron chi connectivity index (χ0n) is 10.2. The van der Waals surface area contributed by atoms with Gasteiger partial charge in [-0.2, -0.15) is 0 Å². The molecule has 0 fully saturated rings. The average Bonchev–Trinajstić information content (AvgIpc) is 2.24. The van der Waals surface area contributed by atoms with E-state index in [4.69, 9.17) is 0 Å². The molecule has 0 aromatic heterocycles. The molecule has 0 aliphatic carbocycles. The van der Waals surface area contributed by atoms with Crippen molar-refractivity contribution in [2.45, 2.75) is 12.3 Å². The number of nitrogens with zero attached hydrogens (tertiary/aromatic N) is 5. The Balaban J connectivity index is 2.51. The minimum absolute atomic E-state index is 0.00241. The lowest BCUT2D eigenvalue weighted by Crippen LogP contribution is -2.62. The van der Waals surface area contributed by atoms with Crippen molar-refractivity contribution in [1.82, 2.24) is 14.7 Å². The molecule has 2 unspecified atom stereocenters. The van der Waals surface area contributed by atoms with Crippen LogP contribution in [0.3, 0.4) is 0 Å². The maximum Gasteiger partial charge on any atom is 0.299 e. The van der Waals surface area contributed by atoms with E-state index in [0.29, 0.717) is 0 Å². The van der Waals surface area contributed by atoms with Crippen LogP contribution in [0, 0.1) is 20.2 Å². The second-order valence-corrected chi connectivity index (χ2v) is 4.37. The van der Waals surface area contributed by atoms with Crippen molar-refractivity contribution in [1.29, 1.82) is 0 Å². The van der Waals surface area contributed by atoms with Gasteiger partial charge < -0.3 is 9.80 Å². The largest absolute Gasteiger partial charge is 0.350 e. The molecule has 2 bridgehead atoms. The maximum atomic E-state index is 11.0. The first kappa shape index (κ1) is 12.3. The Morgan fingerprint density at radius 1 is 0.944 bits per heavy atom.